The van der Waals surface area contributed by atoms with E-state index in [2.05, 4.69) is 18.9 Å². The van der Waals surface area contributed by atoms with Gasteiger partial charge in [-0.1, -0.05) is 13.3 Å². The summed E-state index contributed by atoms with van der Waals surface area (Å²) >= 11 is 0. The first-order chi connectivity index (χ1) is 6.15. The fourth-order valence-corrected chi connectivity index (χ4v) is 2.17. The average molecular weight is 185 g/mol. The van der Waals surface area contributed by atoms with Crippen LogP contribution < -0.4 is 0 Å². The second kappa shape index (κ2) is 4.61. The highest BCUT2D eigenvalue weighted by Crippen LogP contribution is 2.26. The van der Waals surface area contributed by atoms with Gasteiger partial charge in [0.1, 0.15) is 0 Å². The first-order valence-corrected chi connectivity index (χ1v) is 5.06. The highest BCUT2D eigenvalue weighted by molar-refractivity contribution is 5.70. The van der Waals surface area contributed by atoms with Gasteiger partial charge in [0.25, 0.3) is 0 Å². The van der Waals surface area contributed by atoms with Crippen molar-refractivity contribution in [3.05, 3.63) is 0 Å². The highest BCUT2D eigenvalue weighted by Gasteiger charge is 2.31. The monoisotopic (exact) mass is 185 g/mol. The summed E-state index contributed by atoms with van der Waals surface area (Å²) in [5.74, 6) is -0.348. The molecule has 1 saturated heterocycles. The summed E-state index contributed by atoms with van der Waals surface area (Å²) in [6.07, 6.45) is 2.85. The number of rotatable bonds is 4. The Bertz CT molecular complexity index is 182. The number of carbonyl (C=O) groups is 1. The number of hydrogen-bond donors (Lipinski definition) is 1. The molecule has 0 radical (unpaired) electrons. The molecule has 0 spiro atoms. The SMILES string of the molecule is CCCC(C(=O)O)C1CCN(C)C1. The van der Waals surface area contributed by atoms with Crippen LogP contribution in [0.2, 0.25) is 0 Å². The summed E-state index contributed by atoms with van der Waals surface area (Å²) in [7, 11) is 2.06. The number of likely N-dealkylation sites (tertiary alicyclic amines) is 1. The molecule has 1 N–H and O–H groups in total. The van der Waals surface area contributed by atoms with E-state index in [1.165, 1.54) is 0 Å². The molecule has 0 aromatic rings. The van der Waals surface area contributed by atoms with Crippen LogP contribution in [0.15, 0.2) is 0 Å². The van der Waals surface area contributed by atoms with Crippen molar-refractivity contribution in [1.29, 1.82) is 0 Å². The molecule has 1 heterocycles. The van der Waals surface area contributed by atoms with Crippen LogP contribution in [0.25, 0.3) is 0 Å². The minimum Gasteiger partial charge on any atom is -0.481 e. The zero-order valence-corrected chi connectivity index (χ0v) is 8.49. The number of carboxylic acids is 1. The maximum Gasteiger partial charge on any atom is 0.306 e. The Morgan fingerprint density at radius 3 is 2.77 bits per heavy atom. The number of carboxylic acid groups (broad SMARTS) is 1. The van der Waals surface area contributed by atoms with Crippen LogP contribution in [-0.4, -0.2) is 36.1 Å². The molecule has 0 aliphatic carbocycles. The van der Waals surface area contributed by atoms with E-state index in [9.17, 15) is 4.79 Å². The molecule has 1 aliphatic rings. The van der Waals surface area contributed by atoms with Crippen molar-refractivity contribution in [2.75, 3.05) is 20.1 Å². The average Bonchev–Trinajstić information content (AvgIpc) is 2.46. The lowest BCUT2D eigenvalue weighted by Gasteiger charge is -2.18. The lowest BCUT2D eigenvalue weighted by atomic mass is 9.88. The molecular weight excluding hydrogens is 166 g/mol. The molecule has 2 atom stereocenters. The predicted molar refractivity (Wildman–Crippen MR) is 51.6 cm³/mol. The van der Waals surface area contributed by atoms with Crippen molar-refractivity contribution < 1.29 is 9.90 Å². The van der Waals surface area contributed by atoms with Crippen molar-refractivity contribution in [3.8, 4) is 0 Å². The van der Waals surface area contributed by atoms with E-state index < -0.39 is 5.97 Å². The van der Waals surface area contributed by atoms with Crippen LogP contribution >= 0.6 is 0 Å². The van der Waals surface area contributed by atoms with E-state index >= 15 is 0 Å². The zero-order valence-electron chi connectivity index (χ0n) is 8.49. The zero-order chi connectivity index (χ0) is 9.84. The van der Waals surface area contributed by atoms with Gasteiger partial charge in [0.05, 0.1) is 5.92 Å². The van der Waals surface area contributed by atoms with Crippen molar-refractivity contribution in [3.63, 3.8) is 0 Å². The van der Waals surface area contributed by atoms with Crippen LogP contribution in [0, 0.1) is 11.8 Å². The molecule has 1 rings (SSSR count). The molecule has 1 fully saturated rings. The third kappa shape index (κ3) is 2.69. The van der Waals surface area contributed by atoms with Crippen molar-refractivity contribution in [2.24, 2.45) is 11.8 Å². The second-order valence-electron chi connectivity index (χ2n) is 4.04. The Hall–Kier alpha value is -0.570. The fraction of sp³-hybridized carbons (Fsp3) is 0.900. The van der Waals surface area contributed by atoms with Gasteiger partial charge in [-0.25, -0.2) is 0 Å². The Morgan fingerprint density at radius 2 is 2.38 bits per heavy atom. The number of nitrogens with zero attached hydrogens (tertiary/aromatic N) is 1. The molecule has 3 heteroatoms. The normalized spacial score (nSPS) is 26.2. The van der Waals surface area contributed by atoms with Crippen molar-refractivity contribution in [1.82, 2.24) is 4.90 Å². The Morgan fingerprint density at radius 1 is 1.69 bits per heavy atom. The summed E-state index contributed by atoms with van der Waals surface area (Å²) in [6, 6.07) is 0. The Balaban J connectivity index is 2.49. The lowest BCUT2D eigenvalue weighted by molar-refractivity contribution is -0.143. The molecule has 0 bridgehead atoms. The molecule has 3 nitrogen and oxygen atoms in total. The summed E-state index contributed by atoms with van der Waals surface area (Å²) in [6.45, 7) is 4.06. The van der Waals surface area contributed by atoms with Gasteiger partial charge >= 0.3 is 5.97 Å². The van der Waals surface area contributed by atoms with Gasteiger partial charge in [-0.05, 0) is 32.4 Å². The smallest absolute Gasteiger partial charge is 0.306 e. The summed E-state index contributed by atoms with van der Waals surface area (Å²) < 4.78 is 0. The third-order valence-electron chi connectivity index (χ3n) is 2.91. The molecule has 1 aliphatic heterocycles. The maximum absolute atomic E-state index is 11.0. The standard InChI is InChI=1S/C10H19NO2/c1-3-4-9(10(12)13)8-5-6-11(2)7-8/h8-9H,3-7H2,1-2H3,(H,12,13). The van der Waals surface area contributed by atoms with Gasteiger partial charge in [0.15, 0.2) is 0 Å². The quantitative estimate of drug-likeness (QED) is 0.720. The van der Waals surface area contributed by atoms with Crippen LogP contribution in [-0.2, 0) is 4.79 Å². The van der Waals surface area contributed by atoms with Gasteiger partial charge in [0.2, 0.25) is 0 Å². The van der Waals surface area contributed by atoms with E-state index in [1.54, 1.807) is 0 Å². The van der Waals surface area contributed by atoms with E-state index in [0.717, 1.165) is 32.4 Å². The largest absolute Gasteiger partial charge is 0.481 e. The Labute approximate surface area is 79.7 Å². The van der Waals surface area contributed by atoms with Gasteiger partial charge in [-0.15, -0.1) is 0 Å². The first-order valence-electron chi connectivity index (χ1n) is 5.06. The van der Waals surface area contributed by atoms with E-state index in [-0.39, 0.29) is 5.92 Å². The molecule has 0 aromatic heterocycles. The minimum atomic E-state index is -0.609. The molecule has 0 saturated carbocycles. The van der Waals surface area contributed by atoms with Crippen molar-refractivity contribution in [2.45, 2.75) is 26.2 Å². The summed E-state index contributed by atoms with van der Waals surface area (Å²) in [5, 5.41) is 9.03. The molecule has 2 unspecified atom stereocenters. The lowest BCUT2D eigenvalue weighted by Crippen LogP contribution is -2.25. The van der Waals surface area contributed by atoms with E-state index in [0.29, 0.717) is 5.92 Å². The van der Waals surface area contributed by atoms with Gasteiger partial charge in [-0.3, -0.25) is 4.79 Å². The number of hydrogen-bond acceptors (Lipinski definition) is 2. The maximum atomic E-state index is 11.0. The third-order valence-corrected chi connectivity index (χ3v) is 2.91. The van der Waals surface area contributed by atoms with E-state index in [1.807, 2.05) is 0 Å². The van der Waals surface area contributed by atoms with Gasteiger partial charge in [0, 0.05) is 6.54 Å². The summed E-state index contributed by atoms with van der Waals surface area (Å²) in [4.78, 5) is 13.2. The Kier molecular flexibility index (Phi) is 3.72. The molecular formula is C10H19NO2. The van der Waals surface area contributed by atoms with Crippen LogP contribution in [0.5, 0.6) is 0 Å². The van der Waals surface area contributed by atoms with Gasteiger partial charge in [-0.2, -0.15) is 0 Å². The highest BCUT2D eigenvalue weighted by atomic mass is 16.4. The molecule has 0 amide bonds. The fourth-order valence-electron chi connectivity index (χ4n) is 2.17. The first kappa shape index (κ1) is 10.5. The predicted octanol–water partition coefficient (Wildman–Crippen LogP) is 1.44. The molecule has 0 aromatic carbocycles. The van der Waals surface area contributed by atoms with E-state index in [4.69, 9.17) is 5.11 Å². The summed E-state index contributed by atoms with van der Waals surface area (Å²) in [5.41, 5.74) is 0. The van der Waals surface area contributed by atoms with Gasteiger partial charge < -0.3 is 10.0 Å². The van der Waals surface area contributed by atoms with Crippen LogP contribution in [0.3, 0.4) is 0 Å². The minimum absolute atomic E-state index is 0.116. The molecule has 13 heavy (non-hydrogen) atoms. The van der Waals surface area contributed by atoms with Crippen LogP contribution in [0.1, 0.15) is 26.2 Å². The number of aliphatic carboxylic acids is 1. The van der Waals surface area contributed by atoms with Crippen LogP contribution in [0.4, 0.5) is 0 Å². The van der Waals surface area contributed by atoms with Crippen molar-refractivity contribution >= 4 is 5.97 Å². The molecule has 76 valence electrons. The topological polar surface area (TPSA) is 40.5 Å². The second-order valence-corrected chi connectivity index (χ2v) is 4.04.